The van der Waals surface area contributed by atoms with Gasteiger partial charge in [0.15, 0.2) is 0 Å². The zero-order chi connectivity index (χ0) is 14.4. The van der Waals surface area contributed by atoms with Crippen molar-refractivity contribution in [3.8, 4) is 0 Å². The number of nitrogens with zero attached hydrogens (tertiary/aromatic N) is 1. The van der Waals surface area contributed by atoms with Crippen molar-refractivity contribution >= 4 is 11.6 Å². The zero-order valence-electron chi connectivity index (χ0n) is 12.7. The minimum absolute atomic E-state index is 0.229. The van der Waals surface area contributed by atoms with Crippen molar-refractivity contribution in [2.75, 3.05) is 25.0 Å². The Morgan fingerprint density at radius 1 is 1.10 bits per heavy atom. The highest BCUT2D eigenvalue weighted by Crippen LogP contribution is 2.16. The smallest absolute Gasteiger partial charge is 0.241 e. The van der Waals surface area contributed by atoms with Crippen molar-refractivity contribution in [3.63, 3.8) is 0 Å². The van der Waals surface area contributed by atoms with Crippen LogP contribution in [0.5, 0.6) is 0 Å². The first kappa shape index (κ1) is 14.9. The summed E-state index contributed by atoms with van der Waals surface area (Å²) < 4.78 is 0. The lowest BCUT2D eigenvalue weighted by Gasteiger charge is -2.25. The van der Waals surface area contributed by atoms with E-state index in [4.69, 9.17) is 0 Å². The summed E-state index contributed by atoms with van der Waals surface area (Å²) in [6.07, 6.45) is 6.13. The summed E-state index contributed by atoms with van der Waals surface area (Å²) in [7, 11) is 0. The second kappa shape index (κ2) is 7.32. The van der Waals surface area contributed by atoms with Crippen LogP contribution in [-0.2, 0) is 4.79 Å². The van der Waals surface area contributed by atoms with Gasteiger partial charge in [0, 0.05) is 18.8 Å². The van der Waals surface area contributed by atoms with E-state index in [1.165, 1.54) is 30.4 Å². The number of carbonyl (C=O) groups is 1. The highest BCUT2D eigenvalue weighted by Gasteiger charge is 2.14. The van der Waals surface area contributed by atoms with Gasteiger partial charge in [0.05, 0.1) is 6.54 Å². The maximum Gasteiger partial charge on any atom is 0.241 e. The van der Waals surface area contributed by atoms with E-state index in [0.29, 0.717) is 6.54 Å². The summed E-state index contributed by atoms with van der Waals surface area (Å²) in [5, 5.41) is 3.28. The summed E-state index contributed by atoms with van der Waals surface area (Å²) in [5.41, 5.74) is 3.52. The molecule has 20 heavy (non-hydrogen) atoms. The number of hydrogen-bond donors (Lipinski definition) is 1. The van der Waals surface area contributed by atoms with Gasteiger partial charge in [-0.15, -0.1) is 0 Å². The first-order chi connectivity index (χ1) is 9.66. The molecule has 2 rings (SSSR count). The van der Waals surface area contributed by atoms with Crippen LogP contribution >= 0.6 is 0 Å². The monoisotopic (exact) mass is 274 g/mol. The van der Waals surface area contributed by atoms with Gasteiger partial charge >= 0.3 is 0 Å². The standard InChI is InChI=1S/C17H26N2O/c1-14-8-9-16(15(2)12-14)18-13-17(20)19-10-6-4-3-5-7-11-19/h8-9,12,18H,3-7,10-11,13H2,1-2H3. The predicted molar refractivity (Wildman–Crippen MR) is 84.1 cm³/mol. The van der Waals surface area contributed by atoms with E-state index in [0.717, 1.165) is 31.6 Å². The van der Waals surface area contributed by atoms with Crippen molar-refractivity contribution in [1.29, 1.82) is 0 Å². The van der Waals surface area contributed by atoms with Gasteiger partial charge in [0.1, 0.15) is 0 Å². The molecule has 1 aromatic rings. The van der Waals surface area contributed by atoms with Gasteiger partial charge in [0.25, 0.3) is 0 Å². The molecule has 0 radical (unpaired) electrons. The van der Waals surface area contributed by atoms with Crippen molar-refractivity contribution in [1.82, 2.24) is 4.90 Å². The van der Waals surface area contributed by atoms with Gasteiger partial charge in [0.2, 0.25) is 5.91 Å². The van der Waals surface area contributed by atoms with E-state index in [-0.39, 0.29) is 5.91 Å². The van der Waals surface area contributed by atoms with E-state index in [2.05, 4.69) is 37.4 Å². The Morgan fingerprint density at radius 3 is 2.40 bits per heavy atom. The summed E-state index contributed by atoms with van der Waals surface area (Å²) >= 11 is 0. The maximum atomic E-state index is 12.3. The molecule has 0 atom stereocenters. The second-order valence-electron chi connectivity index (χ2n) is 5.82. The second-order valence-corrected chi connectivity index (χ2v) is 5.82. The number of hydrogen-bond acceptors (Lipinski definition) is 2. The van der Waals surface area contributed by atoms with E-state index in [9.17, 15) is 4.79 Å². The Labute approximate surface area is 122 Å². The predicted octanol–water partition coefficient (Wildman–Crippen LogP) is 3.51. The normalized spacial score (nSPS) is 16.4. The fourth-order valence-corrected chi connectivity index (χ4v) is 2.79. The van der Waals surface area contributed by atoms with Crippen molar-refractivity contribution in [2.24, 2.45) is 0 Å². The number of anilines is 1. The molecule has 110 valence electrons. The number of nitrogens with one attached hydrogen (secondary N) is 1. The van der Waals surface area contributed by atoms with Gasteiger partial charge < -0.3 is 10.2 Å². The molecule has 0 unspecified atom stereocenters. The Kier molecular flexibility index (Phi) is 5.45. The van der Waals surface area contributed by atoms with Crippen LogP contribution in [0.4, 0.5) is 5.69 Å². The van der Waals surface area contributed by atoms with Crippen LogP contribution in [0.3, 0.4) is 0 Å². The highest BCUT2D eigenvalue weighted by atomic mass is 16.2. The van der Waals surface area contributed by atoms with E-state index in [1.807, 2.05) is 4.90 Å². The van der Waals surface area contributed by atoms with Gasteiger partial charge in [-0.1, -0.05) is 37.0 Å². The third-order valence-electron chi connectivity index (χ3n) is 4.02. The van der Waals surface area contributed by atoms with Crippen molar-refractivity contribution < 1.29 is 4.79 Å². The first-order valence-electron chi connectivity index (χ1n) is 7.76. The summed E-state index contributed by atoms with van der Waals surface area (Å²) in [6.45, 7) is 6.42. The lowest BCUT2D eigenvalue weighted by Crippen LogP contribution is -2.37. The lowest BCUT2D eigenvalue weighted by atomic mass is 10.1. The van der Waals surface area contributed by atoms with Crippen LogP contribution in [-0.4, -0.2) is 30.4 Å². The Hall–Kier alpha value is -1.51. The zero-order valence-corrected chi connectivity index (χ0v) is 12.7. The SMILES string of the molecule is Cc1ccc(NCC(=O)N2CCCCCCC2)c(C)c1. The molecule has 1 saturated heterocycles. The molecule has 0 spiro atoms. The highest BCUT2D eigenvalue weighted by molar-refractivity contribution is 5.81. The average Bonchev–Trinajstić information content (AvgIpc) is 2.37. The summed E-state index contributed by atoms with van der Waals surface area (Å²) in [6, 6.07) is 6.28. The Bertz CT molecular complexity index is 448. The van der Waals surface area contributed by atoms with E-state index < -0.39 is 0 Å². The van der Waals surface area contributed by atoms with Crippen molar-refractivity contribution in [2.45, 2.75) is 46.0 Å². The number of amides is 1. The molecule has 1 aromatic carbocycles. The molecule has 1 aliphatic rings. The number of rotatable bonds is 3. The van der Waals surface area contributed by atoms with Crippen LogP contribution < -0.4 is 5.32 Å². The first-order valence-corrected chi connectivity index (χ1v) is 7.76. The molecule has 0 saturated carbocycles. The molecule has 1 heterocycles. The van der Waals surface area contributed by atoms with Gasteiger partial charge in [-0.25, -0.2) is 0 Å². The minimum atomic E-state index is 0.229. The molecule has 1 N–H and O–H groups in total. The fraction of sp³-hybridized carbons (Fsp3) is 0.588. The third-order valence-corrected chi connectivity index (χ3v) is 4.02. The summed E-state index contributed by atoms with van der Waals surface area (Å²) in [4.78, 5) is 14.3. The van der Waals surface area contributed by atoms with Gasteiger partial charge in [-0.3, -0.25) is 4.79 Å². The van der Waals surface area contributed by atoms with Crippen LogP contribution in [0, 0.1) is 13.8 Å². The number of carbonyl (C=O) groups excluding carboxylic acids is 1. The fourth-order valence-electron chi connectivity index (χ4n) is 2.79. The quantitative estimate of drug-likeness (QED) is 0.915. The molecule has 3 nitrogen and oxygen atoms in total. The van der Waals surface area contributed by atoms with Crippen molar-refractivity contribution in [3.05, 3.63) is 29.3 Å². The molecule has 0 aromatic heterocycles. The minimum Gasteiger partial charge on any atom is -0.376 e. The third kappa shape index (κ3) is 4.26. The molecular weight excluding hydrogens is 248 g/mol. The van der Waals surface area contributed by atoms with Crippen LogP contribution in [0.15, 0.2) is 18.2 Å². The molecule has 0 bridgehead atoms. The van der Waals surface area contributed by atoms with Crippen LogP contribution in [0.2, 0.25) is 0 Å². The molecule has 1 amide bonds. The number of likely N-dealkylation sites (tertiary alicyclic amines) is 1. The van der Waals surface area contributed by atoms with Gasteiger partial charge in [-0.2, -0.15) is 0 Å². The Morgan fingerprint density at radius 2 is 1.75 bits per heavy atom. The number of benzene rings is 1. The average molecular weight is 274 g/mol. The lowest BCUT2D eigenvalue weighted by molar-refractivity contribution is -0.129. The largest absolute Gasteiger partial charge is 0.376 e. The Balaban J connectivity index is 1.87. The summed E-state index contributed by atoms with van der Waals surface area (Å²) in [5.74, 6) is 0.229. The molecule has 3 heteroatoms. The topological polar surface area (TPSA) is 32.3 Å². The molecule has 1 fully saturated rings. The van der Waals surface area contributed by atoms with E-state index >= 15 is 0 Å². The van der Waals surface area contributed by atoms with Crippen LogP contribution in [0.25, 0.3) is 0 Å². The maximum absolute atomic E-state index is 12.3. The molecule has 0 aliphatic carbocycles. The molecule has 1 aliphatic heterocycles. The van der Waals surface area contributed by atoms with Gasteiger partial charge in [-0.05, 0) is 38.3 Å². The van der Waals surface area contributed by atoms with E-state index in [1.54, 1.807) is 0 Å². The number of aryl methyl sites for hydroxylation is 2. The van der Waals surface area contributed by atoms with Crippen LogP contribution in [0.1, 0.15) is 43.2 Å². The molecular formula is C17H26N2O.